The van der Waals surface area contributed by atoms with Gasteiger partial charge in [0.25, 0.3) is 5.56 Å². The Morgan fingerprint density at radius 1 is 0.829 bits per heavy atom. The first-order valence-electron chi connectivity index (χ1n) is 11.6. The third kappa shape index (κ3) is 4.50. The van der Waals surface area contributed by atoms with Gasteiger partial charge in [0.1, 0.15) is 0 Å². The second-order valence-corrected chi connectivity index (χ2v) is 8.55. The lowest BCUT2D eigenvalue weighted by Crippen LogP contribution is -2.43. The monoisotopic (exact) mass is 482 g/mol. The van der Waals surface area contributed by atoms with Crippen molar-refractivity contribution in [2.45, 2.75) is 44.7 Å². The average molecular weight is 483 g/mol. The summed E-state index contributed by atoms with van der Waals surface area (Å²) >= 11 is 0. The van der Waals surface area contributed by atoms with Crippen molar-refractivity contribution in [3.8, 4) is 23.0 Å². The molecule has 2 aromatic carbocycles. The number of carbonyl (C=O) groups excluding carboxylic acids is 1. The topological polar surface area (TPSA) is 98.0 Å². The van der Waals surface area contributed by atoms with Gasteiger partial charge in [-0.2, -0.15) is 0 Å². The molecule has 0 N–H and O–H groups in total. The Hall–Kier alpha value is -3.75. The first-order chi connectivity index (χ1) is 16.9. The molecular formula is C26H30N2O7. The largest absolute Gasteiger partial charge is 0.493 e. The van der Waals surface area contributed by atoms with Gasteiger partial charge in [-0.15, -0.1) is 0 Å². The molecule has 1 saturated carbocycles. The third-order valence-electron chi connectivity index (χ3n) is 6.63. The molecule has 1 aromatic heterocycles. The normalized spacial score (nSPS) is 14.1. The summed E-state index contributed by atoms with van der Waals surface area (Å²) in [7, 11) is 5.97. The van der Waals surface area contributed by atoms with Crippen LogP contribution in [0.25, 0.3) is 10.9 Å². The molecule has 0 radical (unpaired) electrons. The minimum absolute atomic E-state index is 0.205. The summed E-state index contributed by atoms with van der Waals surface area (Å²) in [5, 5.41) is 0.299. The Balaban J connectivity index is 1.90. The molecule has 1 fully saturated rings. The van der Waals surface area contributed by atoms with Crippen LogP contribution in [0.5, 0.6) is 23.0 Å². The van der Waals surface area contributed by atoms with E-state index in [0.717, 1.165) is 32.1 Å². The summed E-state index contributed by atoms with van der Waals surface area (Å²) in [6.07, 6.45) is 4.47. The van der Waals surface area contributed by atoms with Crippen LogP contribution >= 0.6 is 0 Å². The van der Waals surface area contributed by atoms with Crippen molar-refractivity contribution in [1.82, 2.24) is 9.13 Å². The van der Waals surface area contributed by atoms with Gasteiger partial charge in [-0.3, -0.25) is 18.7 Å². The van der Waals surface area contributed by atoms with Crippen LogP contribution in [0.15, 0.2) is 39.9 Å². The van der Waals surface area contributed by atoms with Crippen LogP contribution in [0.4, 0.5) is 0 Å². The van der Waals surface area contributed by atoms with Crippen LogP contribution in [0.1, 0.15) is 48.5 Å². The van der Waals surface area contributed by atoms with Crippen LogP contribution in [-0.2, 0) is 6.54 Å². The van der Waals surface area contributed by atoms with Gasteiger partial charge < -0.3 is 18.9 Å². The molecule has 0 aliphatic heterocycles. The van der Waals surface area contributed by atoms with E-state index in [0.29, 0.717) is 39.5 Å². The molecule has 0 unspecified atom stereocenters. The summed E-state index contributed by atoms with van der Waals surface area (Å²) in [6, 6.07) is 7.79. The van der Waals surface area contributed by atoms with Crippen LogP contribution in [0.3, 0.4) is 0 Å². The number of benzene rings is 2. The molecule has 1 aliphatic rings. The Morgan fingerprint density at radius 3 is 2.06 bits per heavy atom. The maximum atomic E-state index is 13.7. The minimum Gasteiger partial charge on any atom is -0.493 e. The number of rotatable bonds is 8. The quantitative estimate of drug-likeness (QED) is 0.453. The van der Waals surface area contributed by atoms with Crippen LogP contribution in [0, 0.1) is 0 Å². The number of hydrogen-bond acceptors (Lipinski definition) is 7. The summed E-state index contributed by atoms with van der Waals surface area (Å²) in [6.45, 7) is -0.257. The fourth-order valence-corrected chi connectivity index (χ4v) is 4.77. The molecule has 4 rings (SSSR count). The predicted octanol–water partition coefficient (Wildman–Crippen LogP) is 3.59. The number of methoxy groups -OCH3 is 4. The number of hydrogen-bond donors (Lipinski definition) is 0. The summed E-state index contributed by atoms with van der Waals surface area (Å²) in [4.78, 5) is 40.5. The molecule has 1 heterocycles. The van der Waals surface area contributed by atoms with Gasteiger partial charge in [-0.05, 0) is 37.1 Å². The Kier molecular flexibility index (Phi) is 7.14. The molecule has 0 bridgehead atoms. The first kappa shape index (κ1) is 24.4. The average Bonchev–Trinajstić information content (AvgIpc) is 2.90. The molecule has 9 heteroatoms. The standard InChI is InChI=1S/C26H30N2O7/c1-32-21-11-10-16(12-22(21)33-2)20(29)15-27-19-14-24(35-4)23(34-3)13-18(19)25(30)28(26(27)31)17-8-6-5-7-9-17/h10-14,17H,5-9,15H2,1-4H3. The summed E-state index contributed by atoms with van der Waals surface area (Å²) < 4.78 is 24.0. The molecular weight excluding hydrogens is 452 g/mol. The van der Waals surface area contributed by atoms with Gasteiger partial charge in [0.05, 0.1) is 45.9 Å². The molecule has 0 saturated heterocycles. The molecule has 1 aliphatic carbocycles. The highest BCUT2D eigenvalue weighted by Gasteiger charge is 2.25. The van der Waals surface area contributed by atoms with Gasteiger partial charge in [0, 0.05) is 17.7 Å². The number of Topliss-reactive ketones (excluding diaryl/α,β-unsaturated/α-hetero) is 1. The van der Waals surface area contributed by atoms with Crippen molar-refractivity contribution >= 4 is 16.7 Å². The van der Waals surface area contributed by atoms with Crippen LogP contribution in [0.2, 0.25) is 0 Å². The van der Waals surface area contributed by atoms with E-state index in [1.54, 1.807) is 30.3 Å². The Bertz CT molecular complexity index is 1370. The maximum absolute atomic E-state index is 13.7. The first-order valence-corrected chi connectivity index (χ1v) is 11.6. The van der Waals surface area contributed by atoms with Gasteiger partial charge in [-0.25, -0.2) is 4.79 Å². The molecule has 0 amide bonds. The van der Waals surface area contributed by atoms with E-state index in [1.807, 2.05) is 0 Å². The number of aromatic nitrogens is 2. The SMILES string of the molecule is COc1ccc(C(=O)Cn2c(=O)n(C3CCCCC3)c(=O)c3cc(OC)c(OC)cc32)cc1OC. The van der Waals surface area contributed by atoms with Crippen LogP contribution in [-0.4, -0.2) is 43.4 Å². The van der Waals surface area contributed by atoms with E-state index in [9.17, 15) is 14.4 Å². The lowest BCUT2D eigenvalue weighted by atomic mass is 9.95. The second-order valence-electron chi connectivity index (χ2n) is 8.55. The zero-order valence-electron chi connectivity index (χ0n) is 20.5. The predicted molar refractivity (Wildman–Crippen MR) is 132 cm³/mol. The van der Waals surface area contributed by atoms with Crippen molar-refractivity contribution in [3.63, 3.8) is 0 Å². The smallest absolute Gasteiger partial charge is 0.332 e. The van der Waals surface area contributed by atoms with Gasteiger partial charge in [0.15, 0.2) is 28.8 Å². The zero-order valence-corrected chi connectivity index (χ0v) is 20.5. The third-order valence-corrected chi connectivity index (χ3v) is 6.63. The fourth-order valence-electron chi connectivity index (χ4n) is 4.77. The molecule has 0 atom stereocenters. The number of fused-ring (bicyclic) bond motifs is 1. The van der Waals surface area contributed by atoms with Gasteiger partial charge in [0.2, 0.25) is 0 Å². The molecule has 186 valence electrons. The lowest BCUT2D eigenvalue weighted by Gasteiger charge is -2.25. The van der Waals surface area contributed by atoms with Crippen molar-refractivity contribution in [2.75, 3.05) is 28.4 Å². The van der Waals surface area contributed by atoms with Crippen molar-refractivity contribution < 1.29 is 23.7 Å². The fraction of sp³-hybridized carbons (Fsp3) is 0.423. The van der Waals surface area contributed by atoms with E-state index in [-0.39, 0.29) is 23.9 Å². The molecule has 35 heavy (non-hydrogen) atoms. The number of ether oxygens (including phenoxy) is 4. The summed E-state index contributed by atoms with van der Waals surface area (Å²) in [5.41, 5.74) is -0.208. The van der Waals surface area contributed by atoms with E-state index >= 15 is 0 Å². The van der Waals surface area contributed by atoms with Gasteiger partial charge >= 0.3 is 5.69 Å². The molecule has 9 nitrogen and oxygen atoms in total. The second kappa shape index (κ2) is 10.2. The highest BCUT2D eigenvalue weighted by atomic mass is 16.5. The minimum atomic E-state index is -0.504. The number of ketones is 1. The molecule has 3 aromatic rings. The van der Waals surface area contributed by atoms with Crippen LogP contribution < -0.4 is 30.2 Å². The van der Waals surface area contributed by atoms with E-state index in [4.69, 9.17) is 18.9 Å². The lowest BCUT2D eigenvalue weighted by molar-refractivity contribution is 0.0970. The van der Waals surface area contributed by atoms with Crippen molar-refractivity contribution in [1.29, 1.82) is 0 Å². The maximum Gasteiger partial charge on any atom is 0.332 e. The van der Waals surface area contributed by atoms with Crippen molar-refractivity contribution in [2.24, 2.45) is 0 Å². The van der Waals surface area contributed by atoms with Crippen molar-refractivity contribution in [3.05, 3.63) is 56.7 Å². The highest BCUT2D eigenvalue weighted by Crippen LogP contribution is 2.32. The Labute approximate surface area is 202 Å². The highest BCUT2D eigenvalue weighted by molar-refractivity contribution is 5.97. The zero-order chi connectivity index (χ0) is 25.1. The Morgan fingerprint density at radius 2 is 1.43 bits per heavy atom. The number of carbonyl (C=O) groups is 1. The van der Waals surface area contributed by atoms with E-state index in [2.05, 4.69) is 0 Å². The molecule has 0 spiro atoms. The number of nitrogens with zero attached hydrogens (tertiary/aromatic N) is 2. The van der Waals surface area contributed by atoms with Gasteiger partial charge in [-0.1, -0.05) is 19.3 Å². The van der Waals surface area contributed by atoms with E-state index in [1.165, 1.54) is 37.6 Å². The van der Waals surface area contributed by atoms with E-state index < -0.39 is 5.69 Å². The summed E-state index contributed by atoms with van der Waals surface area (Å²) in [5.74, 6) is 1.34.